The molecule has 34 heavy (non-hydrogen) atoms. The molecular formula is C23H33N5O5S. The summed E-state index contributed by atoms with van der Waals surface area (Å²) in [6.45, 7) is 3.94. The van der Waals surface area contributed by atoms with Crippen molar-refractivity contribution in [3.05, 3.63) is 36.9 Å². The summed E-state index contributed by atoms with van der Waals surface area (Å²) in [6.07, 6.45) is 4.23. The van der Waals surface area contributed by atoms with Crippen molar-refractivity contribution in [3.63, 3.8) is 0 Å². The van der Waals surface area contributed by atoms with Crippen LogP contribution >= 0.6 is 0 Å². The quantitative estimate of drug-likeness (QED) is 0.608. The highest BCUT2D eigenvalue weighted by molar-refractivity contribution is 7.89. The lowest BCUT2D eigenvalue weighted by molar-refractivity contribution is -0.132. The molecule has 186 valence electrons. The number of hydrogen-bond acceptors (Lipinski definition) is 8. The lowest BCUT2D eigenvalue weighted by Crippen LogP contribution is -2.50. The zero-order valence-corrected chi connectivity index (χ0v) is 21.1. The summed E-state index contributed by atoms with van der Waals surface area (Å²) in [7, 11) is 1.42. The van der Waals surface area contributed by atoms with Crippen molar-refractivity contribution in [2.75, 3.05) is 47.4 Å². The first-order valence-electron chi connectivity index (χ1n) is 11.1. The minimum Gasteiger partial charge on any atom is -0.487 e. The van der Waals surface area contributed by atoms with Gasteiger partial charge in [-0.25, -0.2) is 18.4 Å². The molecule has 3 rings (SSSR count). The summed E-state index contributed by atoms with van der Waals surface area (Å²) in [6, 6.07) is 4.25. The molecule has 0 unspecified atom stereocenters. The van der Waals surface area contributed by atoms with Crippen molar-refractivity contribution in [2.24, 2.45) is 5.92 Å². The van der Waals surface area contributed by atoms with E-state index in [2.05, 4.69) is 9.97 Å². The number of nitrogens with zero attached hydrogens (tertiary/aromatic N) is 5. The van der Waals surface area contributed by atoms with Gasteiger partial charge < -0.3 is 19.6 Å². The van der Waals surface area contributed by atoms with Crippen molar-refractivity contribution in [2.45, 2.75) is 30.9 Å². The van der Waals surface area contributed by atoms with Gasteiger partial charge in [0, 0.05) is 43.5 Å². The van der Waals surface area contributed by atoms with Crippen LogP contribution in [-0.4, -0.2) is 103 Å². The zero-order valence-electron chi connectivity index (χ0n) is 20.2. The van der Waals surface area contributed by atoms with E-state index < -0.39 is 22.2 Å². The van der Waals surface area contributed by atoms with Crippen molar-refractivity contribution in [1.29, 1.82) is 0 Å². The van der Waals surface area contributed by atoms with Gasteiger partial charge in [0.1, 0.15) is 23.1 Å². The number of carbonyl (C=O) groups excluding carboxylic acids is 1. The van der Waals surface area contributed by atoms with Crippen molar-refractivity contribution >= 4 is 15.9 Å². The van der Waals surface area contributed by atoms with Crippen LogP contribution in [0.25, 0.3) is 11.1 Å². The highest BCUT2D eigenvalue weighted by Crippen LogP contribution is 2.36. The second-order valence-electron chi connectivity index (χ2n) is 9.04. The Bertz CT molecular complexity index is 1100. The third-order valence-corrected chi connectivity index (χ3v) is 7.91. The predicted octanol–water partition coefficient (Wildman–Crippen LogP) is 0.932. The number of aliphatic hydroxyl groups excluding tert-OH is 1. The van der Waals surface area contributed by atoms with Gasteiger partial charge in [0.2, 0.25) is 15.9 Å². The summed E-state index contributed by atoms with van der Waals surface area (Å²) in [5.74, 6) is -0.122. The molecular weight excluding hydrogens is 458 g/mol. The molecule has 2 heterocycles. The number of aromatic nitrogens is 2. The number of fused-ring (bicyclic) bond motifs is 1. The second kappa shape index (κ2) is 10.8. The number of ether oxygens (including phenoxy) is 1. The molecule has 1 amide bonds. The SMILES string of the molecule is C[C@H](CO)N1C[C@H](C)[C@H](CN(C)C(=O)CN(C)C)Oc2cc(-c3cncnc3)ccc2S1(=O)=O. The van der Waals surface area contributed by atoms with E-state index in [0.29, 0.717) is 5.56 Å². The third kappa shape index (κ3) is 5.72. The van der Waals surface area contributed by atoms with E-state index in [0.717, 1.165) is 5.56 Å². The molecule has 1 aromatic heterocycles. The molecule has 0 spiro atoms. The van der Waals surface area contributed by atoms with Gasteiger partial charge in [0.15, 0.2) is 0 Å². The average Bonchev–Trinajstić information content (AvgIpc) is 2.80. The molecule has 1 aromatic carbocycles. The average molecular weight is 492 g/mol. The van der Waals surface area contributed by atoms with Gasteiger partial charge in [-0.1, -0.05) is 13.0 Å². The van der Waals surface area contributed by atoms with Crippen LogP contribution in [0.1, 0.15) is 13.8 Å². The molecule has 1 aliphatic rings. The number of rotatable bonds is 7. The Morgan fingerprint density at radius 2 is 1.91 bits per heavy atom. The lowest BCUT2D eigenvalue weighted by atomic mass is 10.0. The number of benzene rings is 1. The Morgan fingerprint density at radius 1 is 1.24 bits per heavy atom. The van der Waals surface area contributed by atoms with E-state index in [1.807, 2.05) is 21.0 Å². The maximum Gasteiger partial charge on any atom is 0.247 e. The molecule has 0 aliphatic carbocycles. The maximum absolute atomic E-state index is 13.6. The van der Waals surface area contributed by atoms with Crippen LogP contribution in [0, 0.1) is 5.92 Å². The molecule has 3 atom stereocenters. The van der Waals surface area contributed by atoms with Gasteiger partial charge in [-0.2, -0.15) is 4.31 Å². The van der Waals surface area contributed by atoms with Gasteiger partial charge in [-0.15, -0.1) is 0 Å². The van der Waals surface area contributed by atoms with Crippen LogP contribution in [-0.2, 0) is 14.8 Å². The maximum atomic E-state index is 13.6. The monoisotopic (exact) mass is 491 g/mol. The fourth-order valence-electron chi connectivity index (χ4n) is 3.83. The molecule has 1 aliphatic heterocycles. The van der Waals surface area contributed by atoms with Gasteiger partial charge in [0.05, 0.1) is 19.7 Å². The Hall–Kier alpha value is -2.60. The van der Waals surface area contributed by atoms with Gasteiger partial charge in [-0.05, 0) is 38.7 Å². The fraction of sp³-hybridized carbons (Fsp3) is 0.522. The Kier molecular flexibility index (Phi) is 8.24. The Balaban J connectivity index is 2.06. The first-order valence-corrected chi connectivity index (χ1v) is 12.6. The summed E-state index contributed by atoms with van der Waals surface area (Å²) in [5.41, 5.74) is 1.43. The van der Waals surface area contributed by atoms with Crippen LogP contribution in [0.4, 0.5) is 0 Å². The number of hydrogen-bond donors (Lipinski definition) is 1. The third-order valence-electron chi connectivity index (χ3n) is 5.89. The van der Waals surface area contributed by atoms with E-state index in [1.54, 1.807) is 48.3 Å². The number of carbonyl (C=O) groups is 1. The van der Waals surface area contributed by atoms with Crippen molar-refractivity contribution in [3.8, 4) is 16.9 Å². The predicted molar refractivity (Wildman–Crippen MR) is 128 cm³/mol. The van der Waals surface area contributed by atoms with E-state index >= 15 is 0 Å². The standard InChI is InChI=1S/C23H33N5O5S/c1-16-11-28(17(2)14-29)34(31,32)22-7-6-18(19-9-24-15-25-10-19)8-20(22)33-21(16)12-27(5)23(30)13-26(3)4/h6-10,15-17,21,29H,11-14H2,1-5H3/t16-,17+,21-/m0/s1. The molecule has 11 heteroatoms. The minimum atomic E-state index is -3.94. The normalized spacial score (nSPS) is 21.1. The first kappa shape index (κ1) is 26.0. The summed E-state index contributed by atoms with van der Waals surface area (Å²) >= 11 is 0. The van der Waals surface area contributed by atoms with E-state index in [4.69, 9.17) is 4.74 Å². The first-order chi connectivity index (χ1) is 16.0. The zero-order chi connectivity index (χ0) is 25.0. The molecule has 0 bridgehead atoms. The second-order valence-corrected chi connectivity index (χ2v) is 10.9. The molecule has 0 saturated carbocycles. The van der Waals surface area contributed by atoms with Gasteiger partial charge in [0.25, 0.3) is 0 Å². The Morgan fingerprint density at radius 3 is 2.53 bits per heavy atom. The summed E-state index contributed by atoms with van der Waals surface area (Å²) < 4.78 is 34.8. The fourth-order valence-corrected chi connectivity index (χ4v) is 5.66. The molecule has 10 nitrogen and oxygen atoms in total. The number of amides is 1. The van der Waals surface area contributed by atoms with E-state index in [9.17, 15) is 18.3 Å². The van der Waals surface area contributed by atoms with Gasteiger partial charge >= 0.3 is 0 Å². The highest BCUT2D eigenvalue weighted by atomic mass is 32.2. The van der Waals surface area contributed by atoms with E-state index in [1.165, 1.54) is 16.7 Å². The van der Waals surface area contributed by atoms with Crippen LogP contribution in [0.3, 0.4) is 0 Å². The molecule has 0 saturated heterocycles. The number of likely N-dealkylation sites (N-methyl/N-ethyl adjacent to an activating group) is 2. The van der Waals surface area contributed by atoms with E-state index in [-0.39, 0.29) is 48.7 Å². The Labute approximate surface area is 201 Å². The van der Waals surface area contributed by atoms with Gasteiger partial charge in [-0.3, -0.25) is 4.79 Å². The molecule has 1 N–H and O–H groups in total. The number of sulfonamides is 1. The molecule has 0 fully saturated rings. The van der Waals surface area contributed by atoms with Crippen LogP contribution in [0.5, 0.6) is 5.75 Å². The highest BCUT2D eigenvalue weighted by Gasteiger charge is 2.38. The summed E-state index contributed by atoms with van der Waals surface area (Å²) in [4.78, 5) is 24.1. The molecule has 2 aromatic rings. The molecule has 0 radical (unpaired) electrons. The van der Waals surface area contributed by atoms with Crippen molar-refractivity contribution in [1.82, 2.24) is 24.1 Å². The van der Waals surface area contributed by atoms with Crippen LogP contribution in [0.15, 0.2) is 41.8 Å². The smallest absolute Gasteiger partial charge is 0.247 e. The lowest BCUT2D eigenvalue weighted by Gasteiger charge is -2.37. The summed E-state index contributed by atoms with van der Waals surface area (Å²) in [5, 5.41) is 9.77. The number of aliphatic hydroxyl groups is 1. The largest absolute Gasteiger partial charge is 0.487 e. The van der Waals surface area contributed by atoms with Crippen molar-refractivity contribution < 1.29 is 23.1 Å². The topological polar surface area (TPSA) is 116 Å². The minimum absolute atomic E-state index is 0.0209. The van der Waals surface area contributed by atoms with Crippen LogP contribution in [0.2, 0.25) is 0 Å². The van der Waals surface area contributed by atoms with Crippen LogP contribution < -0.4 is 4.74 Å².